The molecule has 2 aromatic rings. The van der Waals surface area contributed by atoms with Gasteiger partial charge in [-0.05, 0) is 64.8 Å². The Morgan fingerprint density at radius 3 is 2.63 bits per heavy atom. The van der Waals surface area contributed by atoms with Gasteiger partial charge in [0.1, 0.15) is 0 Å². The normalized spacial score (nSPS) is 10.3. The van der Waals surface area contributed by atoms with Crippen molar-refractivity contribution in [2.45, 2.75) is 6.92 Å². The molecule has 0 spiro atoms. The van der Waals surface area contributed by atoms with Gasteiger partial charge in [-0.3, -0.25) is 4.79 Å². The third kappa shape index (κ3) is 3.28. The van der Waals surface area contributed by atoms with E-state index in [1.807, 2.05) is 13.0 Å². The first-order valence-electron chi connectivity index (χ1n) is 5.60. The standard InChI is InChI=1S/C14H12BrClN2O/c1-8-6-10(3-5-13(8)17)18-14(19)11-4-2-9(16)7-12(11)15/h2-7H,17H2,1H3,(H,18,19). The molecular formula is C14H12BrClN2O. The lowest BCUT2D eigenvalue weighted by molar-refractivity contribution is 0.102. The second-order valence-electron chi connectivity index (χ2n) is 4.15. The maximum Gasteiger partial charge on any atom is 0.256 e. The molecule has 0 aromatic heterocycles. The third-order valence-corrected chi connectivity index (χ3v) is 3.59. The van der Waals surface area contributed by atoms with E-state index in [9.17, 15) is 4.79 Å². The topological polar surface area (TPSA) is 55.1 Å². The van der Waals surface area contributed by atoms with Crippen LogP contribution in [-0.4, -0.2) is 5.91 Å². The van der Waals surface area contributed by atoms with E-state index in [0.29, 0.717) is 26.4 Å². The SMILES string of the molecule is Cc1cc(NC(=O)c2ccc(Cl)cc2Br)ccc1N. The van der Waals surface area contributed by atoms with Crippen LogP contribution in [0.5, 0.6) is 0 Å². The highest BCUT2D eigenvalue weighted by Crippen LogP contribution is 2.23. The van der Waals surface area contributed by atoms with E-state index in [1.54, 1.807) is 30.3 Å². The lowest BCUT2D eigenvalue weighted by atomic mass is 10.1. The molecule has 98 valence electrons. The summed E-state index contributed by atoms with van der Waals surface area (Å²) in [4.78, 5) is 12.1. The Kier molecular flexibility index (Phi) is 4.12. The van der Waals surface area contributed by atoms with Crippen molar-refractivity contribution in [3.63, 3.8) is 0 Å². The van der Waals surface area contributed by atoms with Crippen LogP contribution in [0, 0.1) is 6.92 Å². The lowest BCUT2D eigenvalue weighted by Crippen LogP contribution is -2.12. The van der Waals surface area contributed by atoms with Crippen LogP contribution in [0.2, 0.25) is 5.02 Å². The zero-order valence-electron chi connectivity index (χ0n) is 10.2. The van der Waals surface area contributed by atoms with E-state index in [4.69, 9.17) is 17.3 Å². The summed E-state index contributed by atoms with van der Waals surface area (Å²) in [6.45, 7) is 1.89. The number of nitrogens with one attached hydrogen (secondary N) is 1. The van der Waals surface area contributed by atoms with Crippen LogP contribution >= 0.6 is 27.5 Å². The molecule has 5 heteroatoms. The number of hydrogen-bond donors (Lipinski definition) is 2. The van der Waals surface area contributed by atoms with Crippen molar-refractivity contribution in [3.05, 3.63) is 57.0 Å². The molecule has 1 amide bonds. The summed E-state index contributed by atoms with van der Waals surface area (Å²) in [5, 5.41) is 3.39. The molecule has 0 aliphatic heterocycles. The third-order valence-electron chi connectivity index (χ3n) is 2.70. The number of carbonyl (C=O) groups excluding carboxylic acids is 1. The average Bonchev–Trinajstić information content (AvgIpc) is 2.33. The first-order chi connectivity index (χ1) is 8.97. The molecule has 0 atom stereocenters. The first-order valence-corrected chi connectivity index (χ1v) is 6.77. The molecular weight excluding hydrogens is 328 g/mol. The zero-order chi connectivity index (χ0) is 14.0. The molecule has 2 rings (SSSR count). The Morgan fingerprint density at radius 2 is 2.00 bits per heavy atom. The van der Waals surface area contributed by atoms with E-state index in [1.165, 1.54) is 0 Å². The number of hydrogen-bond acceptors (Lipinski definition) is 2. The van der Waals surface area contributed by atoms with Gasteiger partial charge in [-0.25, -0.2) is 0 Å². The van der Waals surface area contributed by atoms with Crippen molar-refractivity contribution < 1.29 is 4.79 Å². The Balaban J connectivity index is 2.23. The predicted octanol–water partition coefficient (Wildman–Crippen LogP) is 4.25. The van der Waals surface area contributed by atoms with Gasteiger partial charge in [0, 0.05) is 20.9 Å². The highest BCUT2D eigenvalue weighted by atomic mass is 79.9. The van der Waals surface area contributed by atoms with Crippen LogP contribution in [-0.2, 0) is 0 Å². The number of halogens is 2. The van der Waals surface area contributed by atoms with Gasteiger partial charge < -0.3 is 11.1 Å². The molecule has 0 unspecified atom stereocenters. The molecule has 3 nitrogen and oxygen atoms in total. The molecule has 0 aliphatic rings. The van der Waals surface area contributed by atoms with Crippen LogP contribution < -0.4 is 11.1 Å². The fourth-order valence-electron chi connectivity index (χ4n) is 1.63. The number of aryl methyl sites for hydroxylation is 1. The number of anilines is 2. The summed E-state index contributed by atoms with van der Waals surface area (Å²) >= 11 is 9.17. The number of rotatable bonds is 2. The smallest absolute Gasteiger partial charge is 0.256 e. The van der Waals surface area contributed by atoms with Gasteiger partial charge in [-0.2, -0.15) is 0 Å². The lowest BCUT2D eigenvalue weighted by Gasteiger charge is -2.09. The van der Waals surface area contributed by atoms with Crippen molar-refractivity contribution in [1.82, 2.24) is 0 Å². The minimum Gasteiger partial charge on any atom is -0.399 e. The van der Waals surface area contributed by atoms with Gasteiger partial charge >= 0.3 is 0 Å². The number of carbonyl (C=O) groups is 1. The summed E-state index contributed by atoms with van der Waals surface area (Å²) in [5.41, 5.74) is 8.59. The molecule has 0 saturated heterocycles. The molecule has 2 aromatic carbocycles. The second kappa shape index (κ2) is 5.63. The Hall–Kier alpha value is -1.52. The van der Waals surface area contributed by atoms with Crippen molar-refractivity contribution in [1.29, 1.82) is 0 Å². The van der Waals surface area contributed by atoms with E-state index in [0.717, 1.165) is 5.56 Å². The van der Waals surface area contributed by atoms with E-state index >= 15 is 0 Å². The molecule has 0 fully saturated rings. The maximum absolute atomic E-state index is 12.1. The van der Waals surface area contributed by atoms with Gasteiger partial charge in [0.15, 0.2) is 0 Å². The van der Waals surface area contributed by atoms with E-state index < -0.39 is 0 Å². The Labute approximate surface area is 124 Å². The van der Waals surface area contributed by atoms with Gasteiger partial charge in [0.2, 0.25) is 0 Å². The van der Waals surface area contributed by atoms with Crippen LogP contribution in [0.4, 0.5) is 11.4 Å². The maximum atomic E-state index is 12.1. The van der Waals surface area contributed by atoms with Gasteiger partial charge in [0.25, 0.3) is 5.91 Å². The predicted molar refractivity (Wildman–Crippen MR) is 82.7 cm³/mol. The molecule has 0 radical (unpaired) electrons. The largest absolute Gasteiger partial charge is 0.399 e. The number of nitrogen functional groups attached to an aromatic ring is 1. The molecule has 0 heterocycles. The number of amides is 1. The van der Waals surface area contributed by atoms with E-state index in [2.05, 4.69) is 21.2 Å². The van der Waals surface area contributed by atoms with E-state index in [-0.39, 0.29) is 5.91 Å². The summed E-state index contributed by atoms with van der Waals surface area (Å²) in [5.74, 6) is -0.201. The minimum atomic E-state index is -0.201. The zero-order valence-corrected chi connectivity index (χ0v) is 12.5. The highest BCUT2D eigenvalue weighted by molar-refractivity contribution is 9.10. The molecule has 19 heavy (non-hydrogen) atoms. The Bertz CT molecular complexity index is 643. The molecule has 0 aliphatic carbocycles. The highest BCUT2D eigenvalue weighted by Gasteiger charge is 2.10. The van der Waals surface area contributed by atoms with Gasteiger partial charge in [0.05, 0.1) is 5.56 Å². The van der Waals surface area contributed by atoms with Crippen molar-refractivity contribution in [2.75, 3.05) is 11.1 Å². The summed E-state index contributed by atoms with van der Waals surface area (Å²) < 4.78 is 0.657. The van der Waals surface area contributed by atoms with Crippen LogP contribution in [0.3, 0.4) is 0 Å². The summed E-state index contributed by atoms with van der Waals surface area (Å²) in [6.07, 6.45) is 0. The first kappa shape index (κ1) is 13.9. The fourth-order valence-corrected chi connectivity index (χ4v) is 2.49. The summed E-state index contributed by atoms with van der Waals surface area (Å²) in [7, 11) is 0. The Morgan fingerprint density at radius 1 is 1.26 bits per heavy atom. The minimum absolute atomic E-state index is 0.201. The van der Waals surface area contributed by atoms with Crippen LogP contribution in [0.1, 0.15) is 15.9 Å². The quantitative estimate of drug-likeness (QED) is 0.804. The second-order valence-corrected chi connectivity index (χ2v) is 5.44. The van der Waals surface area contributed by atoms with Crippen molar-refractivity contribution in [2.24, 2.45) is 0 Å². The monoisotopic (exact) mass is 338 g/mol. The fraction of sp³-hybridized carbons (Fsp3) is 0.0714. The number of nitrogens with two attached hydrogens (primary N) is 1. The van der Waals surface area contributed by atoms with Crippen LogP contribution in [0.15, 0.2) is 40.9 Å². The number of benzene rings is 2. The van der Waals surface area contributed by atoms with Gasteiger partial charge in [-0.15, -0.1) is 0 Å². The molecule has 0 saturated carbocycles. The molecule has 3 N–H and O–H groups in total. The van der Waals surface area contributed by atoms with Crippen LogP contribution in [0.25, 0.3) is 0 Å². The van der Waals surface area contributed by atoms with Crippen molar-refractivity contribution in [3.8, 4) is 0 Å². The van der Waals surface area contributed by atoms with Gasteiger partial charge in [-0.1, -0.05) is 11.6 Å². The summed E-state index contributed by atoms with van der Waals surface area (Å²) in [6, 6.07) is 10.4. The average molecular weight is 340 g/mol. The molecule has 0 bridgehead atoms. The van der Waals surface area contributed by atoms with Crippen molar-refractivity contribution >= 4 is 44.8 Å².